The lowest BCUT2D eigenvalue weighted by molar-refractivity contribution is 0.921. The van der Waals surface area contributed by atoms with Gasteiger partial charge in [-0.05, 0) is 35.1 Å². The van der Waals surface area contributed by atoms with E-state index in [1.165, 1.54) is 35.1 Å². The second-order valence-corrected chi connectivity index (χ2v) is 4.71. The third kappa shape index (κ3) is 3.33. The first-order chi connectivity index (χ1) is 8.79. The Morgan fingerprint density at radius 2 is 1.50 bits per heavy atom. The van der Waals surface area contributed by atoms with E-state index < -0.39 is 0 Å². The normalized spacial score (nSPS) is 10.3. The Morgan fingerprint density at radius 1 is 0.889 bits per heavy atom. The third-order valence-electron chi connectivity index (χ3n) is 3.16. The monoisotopic (exact) mass is 236 g/mol. The van der Waals surface area contributed by atoms with Crippen molar-refractivity contribution in [3.05, 3.63) is 77.9 Å². The average molecular weight is 236 g/mol. The van der Waals surface area contributed by atoms with E-state index >= 15 is 0 Å². The smallest absolute Gasteiger partial charge is 0.00257 e. The molecule has 0 nitrogen and oxygen atoms in total. The van der Waals surface area contributed by atoms with Gasteiger partial charge in [0.1, 0.15) is 0 Å². The molecule has 0 saturated carbocycles. The van der Waals surface area contributed by atoms with Gasteiger partial charge in [0, 0.05) is 0 Å². The lowest BCUT2D eigenvalue weighted by Crippen LogP contribution is -1.90. The highest BCUT2D eigenvalue weighted by atomic mass is 14.1. The van der Waals surface area contributed by atoms with Gasteiger partial charge in [-0.2, -0.15) is 0 Å². The number of hydrogen-bond acceptors (Lipinski definition) is 0. The number of aryl methyl sites for hydroxylation is 1. The number of benzene rings is 2. The molecule has 0 aliphatic heterocycles. The van der Waals surface area contributed by atoms with Crippen LogP contribution in [0.2, 0.25) is 0 Å². The summed E-state index contributed by atoms with van der Waals surface area (Å²) in [5.41, 5.74) is 5.17. The summed E-state index contributed by atoms with van der Waals surface area (Å²) in [4.78, 5) is 0. The van der Waals surface area contributed by atoms with Crippen LogP contribution in [0.25, 0.3) is 5.57 Å². The van der Waals surface area contributed by atoms with Crippen molar-refractivity contribution in [3.8, 4) is 0 Å². The minimum absolute atomic E-state index is 0.927. The van der Waals surface area contributed by atoms with Crippen molar-refractivity contribution < 1.29 is 0 Å². The first-order valence-corrected chi connectivity index (χ1v) is 6.60. The van der Waals surface area contributed by atoms with E-state index in [4.69, 9.17) is 0 Å². The minimum Gasteiger partial charge on any atom is -0.0949 e. The van der Waals surface area contributed by atoms with Crippen LogP contribution < -0.4 is 0 Å². The molecular weight excluding hydrogens is 216 g/mol. The Labute approximate surface area is 110 Å². The predicted molar refractivity (Wildman–Crippen MR) is 79.6 cm³/mol. The van der Waals surface area contributed by atoms with Gasteiger partial charge in [0.05, 0.1) is 0 Å². The quantitative estimate of drug-likeness (QED) is 0.693. The van der Waals surface area contributed by atoms with Gasteiger partial charge in [-0.15, -0.1) is 0 Å². The van der Waals surface area contributed by atoms with Crippen LogP contribution >= 0.6 is 0 Å². The van der Waals surface area contributed by atoms with E-state index in [0.29, 0.717) is 0 Å². The minimum atomic E-state index is 0.927. The Balaban J connectivity index is 2.03. The zero-order valence-corrected chi connectivity index (χ0v) is 11.0. The molecule has 0 aliphatic carbocycles. The summed E-state index contributed by atoms with van der Waals surface area (Å²) in [5, 5.41) is 0. The van der Waals surface area contributed by atoms with Crippen molar-refractivity contribution in [2.45, 2.75) is 26.2 Å². The van der Waals surface area contributed by atoms with Crippen LogP contribution in [0.5, 0.6) is 0 Å². The molecule has 2 aromatic rings. The van der Waals surface area contributed by atoms with Crippen LogP contribution in [0.15, 0.2) is 61.2 Å². The largest absolute Gasteiger partial charge is 0.0949 e. The summed E-state index contributed by atoms with van der Waals surface area (Å²) >= 11 is 0. The maximum absolute atomic E-state index is 4.18. The zero-order chi connectivity index (χ0) is 12.8. The summed E-state index contributed by atoms with van der Waals surface area (Å²) in [6.45, 7) is 6.39. The van der Waals surface area contributed by atoms with Gasteiger partial charge in [-0.3, -0.25) is 0 Å². The van der Waals surface area contributed by atoms with Gasteiger partial charge >= 0.3 is 0 Å². The van der Waals surface area contributed by atoms with Crippen LogP contribution in [0.3, 0.4) is 0 Å². The molecule has 0 heterocycles. The first-order valence-electron chi connectivity index (χ1n) is 6.60. The Bertz CT molecular complexity index is 491. The SMILES string of the molecule is C=C(Cc1ccc(CCC)cc1)c1ccccc1. The summed E-state index contributed by atoms with van der Waals surface area (Å²) in [5.74, 6) is 0. The number of rotatable bonds is 5. The fourth-order valence-corrected chi connectivity index (χ4v) is 2.13. The van der Waals surface area contributed by atoms with Gasteiger partial charge < -0.3 is 0 Å². The highest BCUT2D eigenvalue weighted by Crippen LogP contribution is 2.18. The molecule has 0 N–H and O–H groups in total. The second kappa shape index (κ2) is 6.20. The van der Waals surface area contributed by atoms with Crippen molar-refractivity contribution in [3.63, 3.8) is 0 Å². The van der Waals surface area contributed by atoms with E-state index in [1.54, 1.807) is 0 Å². The summed E-state index contributed by atoms with van der Waals surface area (Å²) < 4.78 is 0. The maximum atomic E-state index is 4.18. The van der Waals surface area contributed by atoms with Crippen LogP contribution in [-0.2, 0) is 12.8 Å². The molecule has 18 heavy (non-hydrogen) atoms. The molecule has 0 amide bonds. The van der Waals surface area contributed by atoms with E-state index in [2.05, 4.69) is 62.0 Å². The molecule has 0 bridgehead atoms. The maximum Gasteiger partial charge on any atom is -0.00257 e. The van der Waals surface area contributed by atoms with Gasteiger partial charge in [0.25, 0.3) is 0 Å². The van der Waals surface area contributed by atoms with E-state index in [0.717, 1.165) is 6.42 Å². The van der Waals surface area contributed by atoms with E-state index in [1.807, 2.05) is 6.07 Å². The van der Waals surface area contributed by atoms with Crippen LogP contribution in [0.1, 0.15) is 30.0 Å². The summed E-state index contributed by atoms with van der Waals surface area (Å²) in [6, 6.07) is 19.3. The highest BCUT2D eigenvalue weighted by molar-refractivity contribution is 5.65. The van der Waals surface area contributed by atoms with Crippen LogP contribution in [-0.4, -0.2) is 0 Å². The molecule has 0 radical (unpaired) electrons. The lowest BCUT2D eigenvalue weighted by atomic mass is 9.98. The van der Waals surface area contributed by atoms with Crippen molar-refractivity contribution in [1.82, 2.24) is 0 Å². The number of allylic oxidation sites excluding steroid dienone is 1. The summed E-state index contributed by atoms with van der Waals surface area (Å²) in [6.07, 6.45) is 3.30. The Kier molecular flexibility index (Phi) is 4.35. The van der Waals surface area contributed by atoms with Gasteiger partial charge in [-0.25, -0.2) is 0 Å². The standard InChI is InChI=1S/C18H20/c1-3-7-16-10-12-17(13-11-16)14-15(2)18-8-5-4-6-9-18/h4-6,8-13H,2-3,7,14H2,1H3. The van der Waals surface area contributed by atoms with Crippen LogP contribution in [0.4, 0.5) is 0 Å². The van der Waals surface area contributed by atoms with Crippen LogP contribution in [0, 0.1) is 0 Å². The molecule has 2 aromatic carbocycles. The molecule has 0 heteroatoms. The molecule has 0 atom stereocenters. The fourth-order valence-electron chi connectivity index (χ4n) is 2.13. The molecule has 0 aromatic heterocycles. The highest BCUT2D eigenvalue weighted by Gasteiger charge is 2.00. The molecule has 0 unspecified atom stereocenters. The first kappa shape index (κ1) is 12.6. The molecule has 0 aliphatic rings. The van der Waals surface area contributed by atoms with Gasteiger partial charge in [0.15, 0.2) is 0 Å². The predicted octanol–water partition coefficient (Wildman–Crippen LogP) is 4.90. The molecule has 0 spiro atoms. The van der Waals surface area contributed by atoms with E-state index in [9.17, 15) is 0 Å². The van der Waals surface area contributed by atoms with Crippen molar-refractivity contribution in [2.24, 2.45) is 0 Å². The van der Waals surface area contributed by atoms with Gasteiger partial charge in [-0.1, -0.05) is 74.5 Å². The lowest BCUT2D eigenvalue weighted by Gasteiger charge is -2.07. The Hall–Kier alpha value is -1.82. The Morgan fingerprint density at radius 3 is 2.11 bits per heavy atom. The van der Waals surface area contributed by atoms with Crippen molar-refractivity contribution >= 4 is 5.57 Å². The topological polar surface area (TPSA) is 0 Å². The zero-order valence-electron chi connectivity index (χ0n) is 11.0. The number of hydrogen-bond donors (Lipinski definition) is 0. The third-order valence-corrected chi connectivity index (χ3v) is 3.16. The molecule has 92 valence electrons. The molecule has 0 saturated heterocycles. The van der Waals surface area contributed by atoms with Crippen molar-refractivity contribution in [1.29, 1.82) is 0 Å². The molecular formula is C18H20. The van der Waals surface area contributed by atoms with E-state index in [-0.39, 0.29) is 0 Å². The summed E-state index contributed by atoms with van der Waals surface area (Å²) in [7, 11) is 0. The molecule has 0 fully saturated rings. The average Bonchev–Trinajstić information content (AvgIpc) is 2.42. The fraction of sp³-hybridized carbons (Fsp3) is 0.222. The van der Waals surface area contributed by atoms with Crippen molar-refractivity contribution in [2.75, 3.05) is 0 Å². The molecule has 2 rings (SSSR count). The van der Waals surface area contributed by atoms with Gasteiger partial charge in [0.2, 0.25) is 0 Å². The second-order valence-electron chi connectivity index (χ2n) is 4.71.